The number of nitrogens with one attached hydrogen (secondary N) is 1. The lowest BCUT2D eigenvalue weighted by Gasteiger charge is -2.17. The molecular formula is C20H19N3O7. The number of amides is 2. The van der Waals surface area contributed by atoms with E-state index in [0.29, 0.717) is 6.54 Å². The fourth-order valence-electron chi connectivity index (χ4n) is 3.10. The second kappa shape index (κ2) is 9.03. The number of ether oxygens (including phenoxy) is 2. The predicted molar refractivity (Wildman–Crippen MR) is 105 cm³/mol. The monoisotopic (exact) mass is 413 g/mol. The molecule has 1 aliphatic rings. The maximum atomic E-state index is 12.3. The lowest BCUT2D eigenvalue weighted by atomic mass is 10.1. The number of nitro benzene ring substituents is 1. The first-order valence-corrected chi connectivity index (χ1v) is 9.05. The highest BCUT2D eigenvalue weighted by atomic mass is 16.6. The van der Waals surface area contributed by atoms with Gasteiger partial charge in [-0.15, -0.1) is 0 Å². The van der Waals surface area contributed by atoms with Gasteiger partial charge in [0.1, 0.15) is 6.54 Å². The average molecular weight is 413 g/mol. The molecular weight excluding hydrogens is 394 g/mol. The van der Waals surface area contributed by atoms with Gasteiger partial charge in [-0.3, -0.25) is 24.5 Å². The highest BCUT2D eigenvalue weighted by Crippen LogP contribution is 2.28. The summed E-state index contributed by atoms with van der Waals surface area (Å²) in [4.78, 5) is 48.3. The van der Waals surface area contributed by atoms with Crippen LogP contribution in [0.15, 0.2) is 42.5 Å². The van der Waals surface area contributed by atoms with Crippen LogP contribution >= 0.6 is 0 Å². The van der Waals surface area contributed by atoms with Gasteiger partial charge in [0.25, 0.3) is 11.8 Å². The Morgan fingerprint density at radius 3 is 2.70 bits per heavy atom. The quantitative estimate of drug-likeness (QED) is 0.413. The van der Waals surface area contributed by atoms with Crippen molar-refractivity contribution in [2.24, 2.45) is 0 Å². The van der Waals surface area contributed by atoms with Gasteiger partial charge in [0.05, 0.1) is 12.0 Å². The van der Waals surface area contributed by atoms with Crippen molar-refractivity contribution in [1.82, 2.24) is 5.32 Å². The molecule has 0 spiro atoms. The minimum atomic E-state index is -0.799. The van der Waals surface area contributed by atoms with Gasteiger partial charge in [-0.1, -0.05) is 18.2 Å². The molecule has 2 amide bonds. The predicted octanol–water partition coefficient (Wildman–Crippen LogP) is 1.47. The topological polar surface area (TPSA) is 128 Å². The molecule has 1 N–H and O–H groups in total. The molecule has 0 saturated carbocycles. The van der Waals surface area contributed by atoms with E-state index in [9.17, 15) is 24.5 Å². The number of nitrogens with zero attached hydrogens (tertiary/aromatic N) is 2. The van der Waals surface area contributed by atoms with E-state index >= 15 is 0 Å². The Labute approximate surface area is 171 Å². The summed E-state index contributed by atoms with van der Waals surface area (Å²) < 4.78 is 9.82. The van der Waals surface area contributed by atoms with Crippen molar-refractivity contribution in [2.75, 3.05) is 31.7 Å². The van der Waals surface area contributed by atoms with Crippen molar-refractivity contribution in [2.45, 2.75) is 6.42 Å². The molecule has 0 radical (unpaired) electrons. The molecule has 2 aromatic rings. The van der Waals surface area contributed by atoms with Crippen LogP contribution in [0.3, 0.4) is 0 Å². The number of rotatable bonds is 7. The zero-order chi connectivity index (χ0) is 21.7. The van der Waals surface area contributed by atoms with Gasteiger partial charge in [-0.25, -0.2) is 0 Å². The van der Waals surface area contributed by atoms with Crippen molar-refractivity contribution in [1.29, 1.82) is 0 Å². The SMILES string of the molecule is COc1ccc(C(=O)NCC(=O)OCC(=O)N2CCc3ccccc32)cc1[N+](=O)[O-]. The Morgan fingerprint density at radius 2 is 1.97 bits per heavy atom. The summed E-state index contributed by atoms with van der Waals surface area (Å²) in [5.41, 5.74) is 1.47. The van der Waals surface area contributed by atoms with Crippen molar-refractivity contribution in [3.05, 3.63) is 63.7 Å². The molecule has 2 aromatic carbocycles. The number of anilines is 1. The van der Waals surface area contributed by atoms with Crippen molar-refractivity contribution in [3.63, 3.8) is 0 Å². The Hall–Kier alpha value is -3.95. The maximum absolute atomic E-state index is 12.3. The number of carbonyl (C=O) groups is 3. The lowest BCUT2D eigenvalue weighted by molar-refractivity contribution is -0.385. The van der Waals surface area contributed by atoms with Crippen LogP contribution < -0.4 is 15.0 Å². The van der Waals surface area contributed by atoms with Crippen LogP contribution in [0, 0.1) is 10.1 Å². The van der Waals surface area contributed by atoms with E-state index in [2.05, 4.69) is 5.32 Å². The number of hydrogen-bond acceptors (Lipinski definition) is 7. The largest absolute Gasteiger partial charge is 0.490 e. The molecule has 0 aliphatic carbocycles. The number of esters is 1. The summed E-state index contributed by atoms with van der Waals surface area (Å²) in [6.07, 6.45) is 0.736. The molecule has 0 aromatic heterocycles. The molecule has 3 rings (SSSR count). The van der Waals surface area contributed by atoms with E-state index in [1.54, 1.807) is 4.90 Å². The van der Waals surface area contributed by atoms with Crippen molar-refractivity contribution >= 4 is 29.2 Å². The van der Waals surface area contributed by atoms with Crippen LogP contribution in [-0.2, 0) is 20.7 Å². The Balaban J connectivity index is 1.50. The average Bonchev–Trinajstić information content (AvgIpc) is 3.19. The molecule has 10 heteroatoms. The number of carbonyl (C=O) groups excluding carboxylic acids is 3. The molecule has 0 bridgehead atoms. The number of hydrogen-bond donors (Lipinski definition) is 1. The van der Waals surface area contributed by atoms with E-state index < -0.39 is 30.0 Å². The molecule has 30 heavy (non-hydrogen) atoms. The van der Waals surface area contributed by atoms with Gasteiger partial charge in [0.15, 0.2) is 12.4 Å². The highest BCUT2D eigenvalue weighted by Gasteiger charge is 2.25. The number of para-hydroxylation sites is 1. The summed E-state index contributed by atoms with van der Waals surface area (Å²) in [7, 11) is 1.28. The standard InChI is InChI=1S/C20H19N3O7/c1-29-17-7-6-14(10-16(17)23(27)28)20(26)21-11-19(25)30-12-18(24)22-9-8-13-4-2-3-5-15(13)22/h2-7,10H,8-9,11-12H2,1H3,(H,21,26). The Kier molecular flexibility index (Phi) is 6.26. The van der Waals surface area contributed by atoms with Gasteiger partial charge < -0.3 is 19.7 Å². The molecule has 1 heterocycles. The first-order chi connectivity index (χ1) is 14.4. The smallest absolute Gasteiger partial charge is 0.325 e. The molecule has 156 valence electrons. The van der Waals surface area contributed by atoms with Gasteiger partial charge in [0.2, 0.25) is 0 Å². The van der Waals surface area contributed by atoms with Crippen LogP contribution in [0.2, 0.25) is 0 Å². The van der Waals surface area contributed by atoms with E-state index in [0.717, 1.165) is 23.7 Å². The second-order valence-electron chi connectivity index (χ2n) is 6.41. The summed E-state index contributed by atoms with van der Waals surface area (Å²) in [6.45, 7) is -0.414. The maximum Gasteiger partial charge on any atom is 0.325 e. The summed E-state index contributed by atoms with van der Waals surface area (Å²) in [5, 5.41) is 13.3. The van der Waals surface area contributed by atoms with Crippen LogP contribution in [0.5, 0.6) is 5.75 Å². The fraction of sp³-hybridized carbons (Fsp3) is 0.250. The van der Waals surface area contributed by atoms with E-state index in [-0.39, 0.29) is 22.9 Å². The third-order valence-electron chi connectivity index (χ3n) is 4.58. The molecule has 0 atom stereocenters. The number of fused-ring (bicyclic) bond motifs is 1. The zero-order valence-electron chi connectivity index (χ0n) is 16.1. The number of nitro groups is 1. The number of methoxy groups -OCH3 is 1. The molecule has 0 saturated heterocycles. The highest BCUT2D eigenvalue weighted by molar-refractivity contribution is 5.98. The second-order valence-corrected chi connectivity index (χ2v) is 6.41. The fourth-order valence-corrected chi connectivity index (χ4v) is 3.10. The van der Waals surface area contributed by atoms with Crippen LogP contribution in [0.25, 0.3) is 0 Å². The van der Waals surface area contributed by atoms with Crippen LogP contribution in [0.1, 0.15) is 15.9 Å². The van der Waals surface area contributed by atoms with Crippen molar-refractivity contribution < 1.29 is 28.8 Å². The van der Waals surface area contributed by atoms with Crippen LogP contribution in [-0.4, -0.2) is 49.5 Å². The van der Waals surface area contributed by atoms with Gasteiger partial charge in [-0.05, 0) is 30.2 Å². The molecule has 0 fully saturated rings. The lowest BCUT2D eigenvalue weighted by Crippen LogP contribution is -2.36. The third-order valence-corrected chi connectivity index (χ3v) is 4.58. The van der Waals surface area contributed by atoms with Gasteiger partial charge >= 0.3 is 11.7 Å². The minimum absolute atomic E-state index is 0.0120. The van der Waals surface area contributed by atoms with E-state index in [1.807, 2.05) is 24.3 Å². The van der Waals surface area contributed by atoms with Gasteiger partial charge in [0, 0.05) is 23.9 Å². The third kappa shape index (κ3) is 4.54. The summed E-state index contributed by atoms with van der Waals surface area (Å²) in [6, 6.07) is 11.2. The Morgan fingerprint density at radius 1 is 1.20 bits per heavy atom. The summed E-state index contributed by atoms with van der Waals surface area (Å²) >= 11 is 0. The number of benzene rings is 2. The zero-order valence-corrected chi connectivity index (χ0v) is 16.1. The molecule has 1 aliphatic heterocycles. The molecule has 10 nitrogen and oxygen atoms in total. The van der Waals surface area contributed by atoms with Crippen LogP contribution in [0.4, 0.5) is 11.4 Å². The van der Waals surface area contributed by atoms with Crippen molar-refractivity contribution in [3.8, 4) is 5.75 Å². The van der Waals surface area contributed by atoms with Gasteiger partial charge in [-0.2, -0.15) is 0 Å². The minimum Gasteiger partial charge on any atom is -0.490 e. The normalized spacial score (nSPS) is 12.1. The van der Waals surface area contributed by atoms with E-state index in [1.165, 1.54) is 19.2 Å². The Bertz CT molecular complexity index is 1010. The first-order valence-electron chi connectivity index (χ1n) is 9.05. The molecule has 0 unspecified atom stereocenters. The summed E-state index contributed by atoms with van der Waals surface area (Å²) in [5.74, 6) is -1.84. The van der Waals surface area contributed by atoms with E-state index in [4.69, 9.17) is 9.47 Å². The first kappa shape index (κ1) is 20.8.